The molecule has 0 bridgehead atoms. The van der Waals surface area contributed by atoms with Crippen molar-refractivity contribution in [3.8, 4) is 22.4 Å². The number of carbonyl (C=O) groups is 1. The number of nitrogens with zero attached hydrogens (tertiary/aromatic N) is 1. The highest BCUT2D eigenvalue weighted by molar-refractivity contribution is 7.99. The van der Waals surface area contributed by atoms with Crippen LogP contribution in [0.3, 0.4) is 0 Å². The van der Waals surface area contributed by atoms with Gasteiger partial charge in [0.05, 0.1) is 5.69 Å². The second-order valence-corrected chi connectivity index (χ2v) is 9.81. The van der Waals surface area contributed by atoms with Crippen LogP contribution < -0.4 is 0 Å². The Bertz CT molecular complexity index is 1480. The van der Waals surface area contributed by atoms with E-state index in [9.17, 15) is 9.90 Å². The monoisotopic (exact) mass is 489 g/mol. The Balaban J connectivity index is 1.70. The van der Waals surface area contributed by atoms with Crippen LogP contribution in [0.4, 0.5) is 0 Å². The first-order valence-corrected chi connectivity index (χ1v) is 12.8. The van der Waals surface area contributed by atoms with Crippen molar-refractivity contribution in [2.45, 2.75) is 29.7 Å². The van der Waals surface area contributed by atoms with Gasteiger partial charge in [-0.3, -0.25) is 4.79 Å². The predicted octanol–water partition coefficient (Wildman–Crippen LogP) is 7.96. The number of carboxylic acid groups (broad SMARTS) is 1. The highest BCUT2D eigenvalue weighted by Crippen LogP contribution is 2.41. The standard InChI is InChI=1S/C32H27NO2S/c1-23-28(21-26-17-11-12-20-29(26)36-27-18-9-4-10-19-27)31(24-13-5-2-6-14-24)32(33(23)22-30(34)35)25-15-7-3-8-16-25/h2-20H,21-22H2,1H3,(H,34,35). The van der Waals surface area contributed by atoms with Gasteiger partial charge in [0.15, 0.2) is 0 Å². The average molecular weight is 490 g/mol. The smallest absolute Gasteiger partial charge is 0.323 e. The van der Waals surface area contributed by atoms with Crippen LogP contribution in [-0.2, 0) is 17.8 Å². The molecule has 4 aromatic carbocycles. The maximum Gasteiger partial charge on any atom is 0.323 e. The second-order valence-electron chi connectivity index (χ2n) is 8.70. The van der Waals surface area contributed by atoms with Crippen LogP contribution in [0.1, 0.15) is 16.8 Å². The van der Waals surface area contributed by atoms with Crippen molar-refractivity contribution in [2.75, 3.05) is 0 Å². The number of benzene rings is 4. The minimum atomic E-state index is -0.850. The van der Waals surface area contributed by atoms with Gasteiger partial charge in [-0.15, -0.1) is 0 Å². The maximum absolute atomic E-state index is 12.0. The number of carboxylic acids is 1. The molecule has 0 unspecified atom stereocenters. The van der Waals surface area contributed by atoms with Crippen molar-refractivity contribution in [1.82, 2.24) is 4.57 Å². The van der Waals surface area contributed by atoms with E-state index in [1.54, 1.807) is 11.8 Å². The quantitative estimate of drug-likeness (QED) is 0.240. The summed E-state index contributed by atoms with van der Waals surface area (Å²) in [6.07, 6.45) is 0.707. The van der Waals surface area contributed by atoms with Gasteiger partial charge in [0.1, 0.15) is 6.54 Å². The zero-order chi connectivity index (χ0) is 24.9. The lowest BCUT2D eigenvalue weighted by molar-refractivity contribution is -0.137. The lowest BCUT2D eigenvalue weighted by Crippen LogP contribution is -2.11. The van der Waals surface area contributed by atoms with Crippen molar-refractivity contribution in [1.29, 1.82) is 0 Å². The van der Waals surface area contributed by atoms with Gasteiger partial charge < -0.3 is 9.67 Å². The van der Waals surface area contributed by atoms with Crippen molar-refractivity contribution >= 4 is 17.7 Å². The van der Waals surface area contributed by atoms with Crippen LogP contribution in [0.5, 0.6) is 0 Å². The van der Waals surface area contributed by atoms with Gasteiger partial charge in [-0.25, -0.2) is 0 Å². The van der Waals surface area contributed by atoms with Crippen LogP contribution in [0.15, 0.2) is 125 Å². The molecule has 5 aromatic rings. The van der Waals surface area contributed by atoms with Gasteiger partial charge in [0.25, 0.3) is 0 Å². The molecule has 0 atom stereocenters. The number of hydrogen-bond acceptors (Lipinski definition) is 2. The first kappa shape index (κ1) is 23.7. The van der Waals surface area contributed by atoms with E-state index in [1.807, 2.05) is 54.0 Å². The molecule has 0 saturated carbocycles. The molecule has 1 N–H and O–H groups in total. The Kier molecular flexibility index (Phi) is 7.06. The van der Waals surface area contributed by atoms with E-state index in [1.165, 1.54) is 15.4 Å². The van der Waals surface area contributed by atoms with Gasteiger partial charge in [-0.2, -0.15) is 0 Å². The molecule has 0 spiro atoms. The van der Waals surface area contributed by atoms with Gasteiger partial charge >= 0.3 is 5.97 Å². The lowest BCUT2D eigenvalue weighted by Gasteiger charge is -2.13. The van der Waals surface area contributed by atoms with E-state index in [2.05, 4.69) is 72.8 Å². The molecular weight excluding hydrogens is 462 g/mol. The first-order valence-electron chi connectivity index (χ1n) is 12.0. The Hall–Kier alpha value is -4.02. The van der Waals surface area contributed by atoms with E-state index in [4.69, 9.17) is 0 Å². The maximum atomic E-state index is 12.0. The molecular formula is C32H27NO2S. The van der Waals surface area contributed by atoms with E-state index < -0.39 is 5.97 Å². The number of aromatic nitrogens is 1. The Morgan fingerprint density at radius 2 is 1.31 bits per heavy atom. The van der Waals surface area contributed by atoms with Crippen molar-refractivity contribution in [3.05, 3.63) is 132 Å². The summed E-state index contributed by atoms with van der Waals surface area (Å²) in [5.41, 5.74) is 7.51. The SMILES string of the molecule is Cc1c(Cc2ccccc2Sc2ccccc2)c(-c2ccccc2)c(-c2ccccc2)n1CC(=O)O. The van der Waals surface area contributed by atoms with Crippen molar-refractivity contribution in [3.63, 3.8) is 0 Å². The molecule has 0 aliphatic carbocycles. The van der Waals surface area contributed by atoms with Gasteiger partial charge in [0.2, 0.25) is 0 Å². The minimum absolute atomic E-state index is 0.0870. The van der Waals surface area contributed by atoms with Crippen molar-refractivity contribution < 1.29 is 9.90 Å². The lowest BCUT2D eigenvalue weighted by atomic mass is 9.93. The summed E-state index contributed by atoms with van der Waals surface area (Å²) in [7, 11) is 0. The van der Waals surface area contributed by atoms with Gasteiger partial charge in [-0.1, -0.05) is 109 Å². The van der Waals surface area contributed by atoms with E-state index in [0.29, 0.717) is 6.42 Å². The zero-order valence-corrected chi connectivity index (χ0v) is 20.9. The highest BCUT2D eigenvalue weighted by atomic mass is 32.2. The molecule has 0 amide bonds. The molecule has 1 aromatic heterocycles. The summed E-state index contributed by atoms with van der Waals surface area (Å²) in [6.45, 7) is 1.96. The van der Waals surface area contributed by atoms with E-state index >= 15 is 0 Å². The molecule has 3 nitrogen and oxygen atoms in total. The second kappa shape index (κ2) is 10.7. The summed E-state index contributed by atoms with van der Waals surface area (Å²) in [4.78, 5) is 14.3. The molecule has 4 heteroatoms. The van der Waals surface area contributed by atoms with Crippen LogP contribution in [-0.4, -0.2) is 15.6 Å². The van der Waals surface area contributed by atoms with Crippen LogP contribution >= 0.6 is 11.8 Å². The van der Waals surface area contributed by atoms with Crippen molar-refractivity contribution in [2.24, 2.45) is 0 Å². The Labute approximate surface area is 216 Å². The number of aliphatic carboxylic acids is 1. The fourth-order valence-electron chi connectivity index (χ4n) is 4.71. The minimum Gasteiger partial charge on any atom is -0.480 e. The summed E-state index contributed by atoms with van der Waals surface area (Å²) in [6, 6.07) is 39.3. The third-order valence-electron chi connectivity index (χ3n) is 6.36. The first-order chi connectivity index (χ1) is 17.6. The normalized spacial score (nSPS) is 10.9. The summed E-state index contributed by atoms with van der Waals surface area (Å²) >= 11 is 1.76. The summed E-state index contributed by atoms with van der Waals surface area (Å²) in [5.74, 6) is -0.850. The number of rotatable bonds is 8. The highest BCUT2D eigenvalue weighted by Gasteiger charge is 2.24. The van der Waals surface area contributed by atoms with Crippen LogP contribution in [0.2, 0.25) is 0 Å². The fourth-order valence-corrected chi connectivity index (χ4v) is 5.67. The predicted molar refractivity (Wildman–Crippen MR) is 147 cm³/mol. The Morgan fingerprint density at radius 1 is 0.750 bits per heavy atom. The largest absolute Gasteiger partial charge is 0.480 e. The van der Waals surface area contributed by atoms with Crippen LogP contribution in [0, 0.1) is 6.92 Å². The van der Waals surface area contributed by atoms with Gasteiger partial charge in [-0.05, 0) is 47.4 Å². The topological polar surface area (TPSA) is 42.2 Å². The Morgan fingerprint density at radius 3 is 1.94 bits per heavy atom. The van der Waals surface area contributed by atoms with E-state index in [-0.39, 0.29) is 6.54 Å². The molecule has 1 heterocycles. The third-order valence-corrected chi connectivity index (χ3v) is 7.49. The zero-order valence-electron chi connectivity index (χ0n) is 20.1. The molecule has 0 fully saturated rings. The third kappa shape index (κ3) is 5.00. The molecule has 178 valence electrons. The summed E-state index contributed by atoms with van der Waals surface area (Å²) in [5, 5.41) is 9.81. The molecule has 0 radical (unpaired) electrons. The molecule has 5 rings (SSSR count). The average Bonchev–Trinajstić information content (AvgIpc) is 3.17. The molecule has 0 aliphatic heterocycles. The summed E-state index contributed by atoms with van der Waals surface area (Å²) < 4.78 is 1.96. The van der Waals surface area contributed by atoms with E-state index in [0.717, 1.165) is 33.6 Å². The molecule has 0 saturated heterocycles. The van der Waals surface area contributed by atoms with Crippen LogP contribution in [0.25, 0.3) is 22.4 Å². The molecule has 0 aliphatic rings. The fraction of sp³-hybridized carbons (Fsp3) is 0.0938. The number of hydrogen-bond donors (Lipinski definition) is 1. The molecule has 36 heavy (non-hydrogen) atoms. The van der Waals surface area contributed by atoms with Gasteiger partial charge in [0, 0.05) is 27.5 Å².